The van der Waals surface area contributed by atoms with Crippen molar-refractivity contribution in [1.29, 1.82) is 0 Å². The van der Waals surface area contributed by atoms with Crippen molar-refractivity contribution in [2.45, 2.75) is 31.7 Å². The van der Waals surface area contributed by atoms with Gasteiger partial charge in [-0.3, -0.25) is 0 Å². The van der Waals surface area contributed by atoms with Crippen LogP contribution < -0.4 is 10.6 Å². The van der Waals surface area contributed by atoms with E-state index in [0.29, 0.717) is 21.7 Å². The molecule has 0 unspecified atom stereocenters. The van der Waals surface area contributed by atoms with Crippen molar-refractivity contribution in [3.05, 3.63) is 98.5 Å². The van der Waals surface area contributed by atoms with E-state index >= 15 is 0 Å². The van der Waals surface area contributed by atoms with E-state index in [4.69, 9.17) is 23.2 Å². The fourth-order valence-corrected chi connectivity index (χ4v) is 5.55. The first-order valence-electron chi connectivity index (χ1n) is 11.6. The van der Waals surface area contributed by atoms with Gasteiger partial charge in [0.1, 0.15) is 0 Å². The van der Waals surface area contributed by atoms with E-state index in [2.05, 4.69) is 34.9 Å². The number of halogens is 2. The van der Waals surface area contributed by atoms with Crippen LogP contribution in [0.5, 0.6) is 0 Å². The molecule has 1 saturated heterocycles. The maximum atomic E-state index is 11.6. The van der Waals surface area contributed by atoms with Crippen molar-refractivity contribution in [1.82, 2.24) is 5.32 Å². The minimum Gasteiger partial charge on any atom is -0.478 e. The topological polar surface area (TPSA) is 61.4 Å². The molecule has 0 bridgehead atoms. The number of benzene rings is 3. The maximum Gasteiger partial charge on any atom is 0.335 e. The Morgan fingerprint density at radius 3 is 2.62 bits per heavy atom. The summed E-state index contributed by atoms with van der Waals surface area (Å²) in [5.41, 5.74) is 7.81. The highest BCUT2D eigenvalue weighted by Crippen LogP contribution is 2.42. The summed E-state index contributed by atoms with van der Waals surface area (Å²) < 4.78 is 0. The van der Waals surface area contributed by atoms with E-state index in [-0.39, 0.29) is 0 Å². The van der Waals surface area contributed by atoms with Crippen LogP contribution in [-0.4, -0.2) is 30.2 Å². The van der Waals surface area contributed by atoms with Gasteiger partial charge in [-0.2, -0.15) is 0 Å². The summed E-state index contributed by atoms with van der Waals surface area (Å²) >= 11 is 12.9. The number of anilines is 1. The van der Waals surface area contributed by atoms with Crippen LogP contribution in [0.25, 0.3) is 11.1 Å². The third kappa shape index (κ3) is 4.72. The molecule has 2 aliphatic rings. The molecule has 1 aliphatic carbocycles. The SMILES string of the molecule is O=C(O)c1ccc2c(c1)CCCC(c1ccc(Cl)cc1Cl)=C2c1cccc(N[C@@H]2CCNC2)c1. The zero-order chi connectivity index (χ0) is 23.7. The molecule has 0 aromatic heterocycles. The Bertz CT molecular complexity index is 1280. The molecule has 1 aliphatic heterocycles. The van der Waals surface area contributed by atoms with Gasteiger partial charge in [0.05, 0.1) is 5.56 Å². The summed E-state index contributed by atoms with van der Waals surface area (Å²) in [5.74, 6) is -0.907. The lowest BCUT2D eigenvalue weighted by atomic mass is 9.87. The van der Waals surface area contributed by atoms with Gasteiger partial charge in [0.2, 0.25) is 0 Å². The van der Waals surface area contributed by atoms with E-state index in [1.807, 2.05) is 24.3 Å². The minimum atomic E-state index is -0.907. The molecule has 0 amide bonds. The summed E-state index contributed by atoms with van der Waals surface area (Å²) in [7, 11) is 0. The first kappa shape index (κ1) is 23.0. The van der Waals surface area contributed by atoms with Crippen molar-refractivity contribution in [2.24, 2.45) is 0 Å². The summed E-state index contributed by atoms with van der Waals surface area (Å²) in [4.78, 5) is 11.6. The van der Waals surface area contributed by atoms with Gasteiger partial charge in [-0.15, -0.1) is 0 Å². The third-order valence-electron chi connectivity index (χ3n) is 6.63. The van der Waals surface area contributed by atoms with Crippen molar-refractivity contribution >= 4 is 46.0 Å². The highest BCUT2D eigenvalue weighted by atomic mass is 35.5. The zero-order valence-corrected chi connectivity index (χ0v) is 20.2. The Labute approximate surface area is 209 Å². The number of aryl methyl sites for hydroxylation is 1. The molecule has 3 N–H and O–H groups in total. The maximum absolute atomic E-state index is 11.6. The quantitative estimate of drug-likeness (QED) is 0.368. The van der Waals surface area contributed by atoms with Crippen LogP contribution in [0.2, 0.25) is 10.0 Å². The molecule has 1 atom stereocenters. The van der Waals surface area contributed by atoms with Crippen molar-refractivity contribution in [2.75, 3.05) is 18.4 Å². The molecule has 0 saturated carbocycles. The fraction of sp³-hybridized carbons (Fsp3) is 0.250. The molecule has 0 spiro atoms. The van der Waals surface area contributed by atoms with Gasteiger partial charge in [-0.1, -0.05) is 47.5 Å². The highest BCUT2D eigenvalue weighted by molar-refractivity contribution is 6.36. The predicted octanol–water partition coefficient (Wildman–Crippen LogP) is 6.76. The second-order valence-electron chi connectivity index (χ2n) is 8.92. The molecule has 1 heterocycles. The van der Waals surface area contributed by atoms with E-state index in [0.717, 1.165) is 77.9 Å². The molecule has 5 rings (SSSR count). The van der Waals surface area contributed by atoms with Gasteiger partial charge < -0.3 is 15.7 Å². The summed E-state index contributed by atoms with van der Waals surface area (Å²) in [6.07, 6.45) is 3.64. The van der Waals surface area contributed by atoms with Crippen molar-refractivity contribution < 1.29 is 9.90 Å². The number of nitrogens with one attached hydrogen (secondary N) is 2. The van der Waals surface area contributed by atoms with Crippen LogP contribution in [-0.2, 0) is 6.42 Å². The largest absolute Gasteiger partial charge is 0.478 e. The lowest BCUT2D eigenvalue weighted by Gasteiger charge is -2.19. The summed E-state index contributed by atoms with van der Waals surface area (Å²) in [5, 5.41) is 17.8. The van der Waals surface area contributed by atoms with Crippen molar-refractivity contribution in [3.63, 3.8) is 0 Å². The number of carboxylic acids is 1. The van der Waals surface area contributed by atoms with Gasteiger partial charge >= 0.3 is 5.97 Å². The molecule has 34 heavy (non-hydrogen) atoms. The Morgan fingerprint density at radius 1 is 1.00 bits per heavy atom. The number of carbonyl (C=O) groups is 1. The van der Waals surface area contributed by atoms with E-state index < -0.39 is 5.97 Å². The highest BCUT2D eigenvalue weighted by Gasteiger charge is 2.23. The summed E-state index contributed by atoms with van der Waals surface area (Å²) in [6.45, 7) is 1.99. The van der Waals surface area contributed by atoms with Crippen LogP contribution in [0.15, 0.2) is 60.7 Å². The number of allylic oxidation sites excluding steroid dienone is 1. The van der Waals surface area contributed by atoms with E-state index in [1.165, 1.54) is 0 Å². The minimum absolute atomic E-state index is 0.315. The predicted molar refractivity (Wildman–Crippen MR) is 140 cm³/mol. The molecule has 4 nitrogen and oxygen atoms in total. The van der Waals surface area contributed by atoms with Crippen LogP contribution >= 0.6 is 23.2 Å². The van der Waals surface area contributed by atoms with Gasteiger partial charge in [0.25, 0.3) is 0 Å². The molecular weight excluding hydrogens is 467 g/mol. The Morgan fingerprint density at radius 2 is 1.85 bits per heavy atom. The average Bonchev–Trinajstić information content (AvgIpc) is 3.25. The third-order valence-corrected chi connectivity index (χ3v) is 7.18. The van der Waals surface area contributed by atoms with Gasteiger partial charge in [0.15, 0.2) is 0 Å². The zero-order valence-electron chi connectivity index (χ0n) is 18.7. The molecule has 0 radical (unpaired) electrons. The van der Waals surface area contributed by atoms with Gasteiger partial charge in [0, 0.05) is 28.3 Å². The lowest BCUT2D eigenvalue weighted by Crippen LogP contribution is -2.22. The van der Waals surface area contributed by atoms with Gasteiger partial charge in [-0.05, 0) is 102 Å². The Hall–Kier alpha value is -2.79. The average molecular weight is 493 g/mol. The smallest absolute Gasteiger partial charge is 0.335 e. The molecule has 6 heteroatoms. The van der Waals surface area contributed by atoms with Crippen LogP contribution in [0.3, 0.4) is 0 Å². The number of rotatable bonds is 5. The molecule has 1 fully saturated rings. The second kappa shape index (κ2) is 9.83. The fourth-order valence-electron chi connectivity index (χ4n) is 5.03. The second-order valence-corrected chi connectivity index (χ2v) is 9.77. The normalized spacial score (nSPS) is 17.9. The van der Waals surface area contributed by atoms with E-state index in [1.54, 1.807) is 12.1 Å². The number of fused-ring (bicyclic) bond motifs is 1. The Balaban J connectivity index is 1.69. The first-order chi connectivity index (χ1) is 16.5. The Kier molecular flexibility index (Phi) is 6.64. The first-order valence-corrected chi connectivity index (χ1v) is 12.4. The van der Waals surface area contributed by atoms with Gasteiger partial charge in [-0.25, -0.2) is 4.79 Å². The van der Waals surface area contributed by atoms with E-state index in [9.17, 15) is 9.90 Å². The molecule has 3 aromatic carbocycles. The molecule has 174 valence electrons. The number of hydrogen-bond donors (Lipinski definition) is 3. The van der Waals surface area contributed by atoms with Crippen LogP contribution in [0.1, 0.15) is 51.9 Å². The number of carboxylic acid groups (broad SMARTS) is 1. The number of aromatic carboxylic acids is 1. The van der Waals surface area contributed by atoms with Crippen molar-refractivity contribution in [3.8, 4) is 0 Å². The molecule has 3 aromatic rings. The molecular formula is C28H26Cl2N2O2. The van der Waals surface area contributed by atoms with Crippen LogP contribution in [0.4, 0.5) is 5.69 Å². The standard InChI is InChI=1S/C28H26Cl2N2O2/c29-20-8-10-24(26(30)15-20)25-6-2-3-17-13-19(28(33)34)7-9-23(17)27(25)18-4-1-5-21(14-18)32-22-11-12-31-16-22/h1,4-5,7-10,13-15,22,31-32H,2-3,6,11-12,16H2,(H,33,34)/t22-/m1/s1. The number of hydrogen-bond acceptors (Lipinski definition) is 3. The lowest BCUT2D eigenvalue weighted by molar-refractivity contribution is 0.0696. The van der Waals surface area contributed by atoms with Crippen LogP contribution in [0, 0.1) is 0 Å². The summed E-state index contributed by atoms with van der Waals surface area (Å²) in [6, 6.07) is 20.0. The monoisotopic (exact) mass is 492 g/mol.